The van der Waals surface area contributed by atoms with Crippen molar-refractivity contribution in [2.45, 2.75) is 45.4 Å². The Morgan fingerprint density at radius 3 is 2.79 bits per heavy atom. The number of rotatable bonds is 3. The monoisotopic (exact) mass is 462 g/mol. The maximum absolute atomic E-state index is 13.8. The molecule has 0 bridgehead atoms. The zero-order chi connectivity index (χ0) is 23.4. The van der Waals surface area contributed by atoms with Gasteiger partial charge in [0.2, 0.25) is 0 Å². The maximum atomic E-state index is 13.8. The Balaban J connectivity index is 1.22. The zero-order valence-electron chi connectivity index (χ0n) is 19.4. The third kappa shape index (κ3) is 3.57. The van der Waals surface area contributed by atoms with E-state index >= 15 is 0 Å². The molecule has 1 amide bonds. The number of hydrogen-bond acceptors (Lipinski definition) is 7. The second-order valence-corrected chi connectivity index (χ2v) is 9.70. The molecule has 1 fully saturated rings. The fourth-order valence-electron chi connectivity index (χ4n) is 5.17. The van der Waals surface area contributed by atoms with Gasteiger partial charge in [0.25, 0.3) is 5.91 Å². The van der Waals surface area contributed by atoms with Gasteiger partial charge in [0.1, 0.15) is 11.5 Å². The molecule has 3 aromatic rings. The van der Waals surface area contributed by atoms with Crippen LogP contribution in [0.25, 0.3) is 0 Å². The summed E-state index contributed by atoms with van der Waals surface area (Å²) < 4.78 is 15.8. The lowest BCUT2D eigenvalue weighted by atomic mass is 9.98. The summed E-state index contributed by atoms with van der Waals surface area (Å²) in [5.74, 6) is 1.59. The molecule has 0 aliphatic carbocycles. The van der Waals surface area contributed by atoms with Crippen LogP contribution in [0.4, 0.5) is 21.7 Å². The lowest BCUT2D eigenvalue weighted by Crippen LogP contribution is -2.59. The first-order valence-electron chi connectivity index (χ1n) is 11.7. The van der Waals surface area contributed by atoms with Gasteiger partial charge in [-0.25, -0.2) is 9.07 Å². The van der Waals surface area contributed by atoms with Crippen molar-refractivity contribution in [3.63, 3.8) is 0 Å². The summed E-state index contributed by atoms with van der Waals surface area (Å²) in [5.41, 5.74) is 3.19. The number of aromatic nitrogens is 5. The molecule has 34 heavy (non-hydrogen) atoms. The van der Waals surface area contributed by atoms with Gasteiger partial charge in [-0.15, -0.1) is 10.2 Å². The molecule has 6 rings (SSSR count). The maximum Gasteiger partial charge on any atom is 0.274 e. The molecule has 0 spiro atoms. The number of anilines is 3. The fourth-order valence-corrected chi connectivity index (χ4v) is 5.17. The second-order valence-electron chi connectivity index (χ2n) is 9.70. The van der Waals surface area contributed by atoms with E-state index < -0.39 is 5.67 Å². The molecule has 0 radical (unpaired) electrons. The topological polar surface area (TPSA) is 83.3 Å². The number of nitrogens with zero attached hydrogens (tertiary/aromatic N) is 8. The Kier molecular flexibility index (Phi) is 4.79. The van der Waals surface area contributed by atoms with Crippen LogP contribution in [0.1, 0.15) is 40.7 Å². The van der Waals surface area contributed by atoms with Crippen LogP contribution < -0.4 is 9.80 Å². The Bertz CT molecular complexity index is 1260. The summed E-state index contributed by atoms with van der Waals surface area (Å²) in [5, 5.41) is 13.0. The normalized spacial score (nSPS) is 18.9. The minimum absolute atomic E-state index is 0.102. The summed E-state index contributed by atoms with van der Waals surface area (Å²) in [7, 11) is 0. The van der Waals surface area contributed by atoms with Crippen LogP contribution in [0.2, 0.25) is 0 Å². The van der Waals surface area contributed by atoms with Gasteiger partial charge >= 0.3 is 0 Å². The van der Waals surface area contributed by atoms with Crippen molar-refractivity contribution in [3.05, 3.63) is 53.1 Å². The van der Waals surface area contributed by atoms with Crippen LogP contribution in [-0.2, 0) is 19.5 Å². The first kappa shape index (κ1) is 21.0. The first-order valence-corrected chi connectivity index (χ1v) is 11.7. The van der Waals surface area contributed by atoms with Crippen LogP contribution in [0.5, 0.6) is 0 Å². The Labute approximate surface area is 197 Å². The van der Waals surface area contributed by atoms with Gasteiger partial charge in [-0.3, -0.25) is 9.78 Å². The first-order chi connectivity index (χ1) is 16.4. The molecule has 176 valence electrons. The summed E-state index contributed by atoms with van der Waals surface area (Å²) >= 11 is 0. The van der Waals surface area contributed by atoms with Gasteiger partial charge in [-0.1, -0.05) is 0 Å². The van der Waals surface area contributed by atoms with Crippen molar-refractivity contribution in [2.75, 3.05) is 36.0 Å². The quantitative estimate of drug-likeness (QED) is 0.592. The number of aryl methyl sites for hydroxylation is 2. The predicted molar refractivity (Wildman–Crippen MR) is 125 cm³/mol. The summed E-state index contributed by atoms with van der Waals surface area (Å²) in [4.78, 5) is 23.3. The molecule has 3 aliphatic rings. The highest BCUT2D eigenvalue weighted by atomic mass is 19.1. The van der Waals surface area contributed by atoms with E-state index in [0.717, 1.165) is 61.1 Å². The Hall–Kier alpha value is -3.56. The number of carbonyl (C=O) groups excluding carboxylic acids is 1. The molecular formula is C24H27FN8O. The van der Waals surface area contributed by atoms with Crippen LogP contribution in [0.3, 0.4) is 0 Å². The zero-order valence-corrected chi connectivity index (χ0v) is 19.4. The van der Waals surface area contributed by atoms with E-state index in [0.29, 0.717) is 6.54 Å². The molecule has 1 saturated heterocycles. The second kappa shape index (κ2) is 7.75. The van der Waals surface area contributed by atoms with E-state index in [9.17, 15) is 9.18 Å². The Morgan fingerprint density at radius 2 is 2.00 bits per heavy atom. The van der Waals surface area contributed by atoms with E-state index in [4.69, 9.17) is 4.98 Å². The van der Waals surface area contributed by atoms with Crippen molar-refractivity contribution >= 4 is 23.2 Å². The van der Waals surface area contributed by atoms with Gasteiger partial charge < -0.3 is 14.7 Å². The summed E-state index contributed by atoms with van der Waals surface area (Å²) in [6.07, 6.45) is 5.66. The number of amides is 1. The van der Waals surface area contributed by atoms with Crippen molar-refractivity contribution < 1.29 is 9.18 Å². The van der Waals surface area contributed by atoms with Gasteiger partial charge in [-0.2, -0.15) is 5.10 Å². The van der Waals surface area contributed by atoms with E-state index in [-0.39, 0.29) is 24.7 Å². The number of alkyl halides is 1. The van der Waals surface area contributed by atoms with E-state index in [1.807, 2.05) is 30.1 Å². The molecule has 0 atom stereocenters. The van der Waals surface area contributed by atoms with Crippen LogP contribution in [-0.4, -0.2) is 67.6 Å². The smallest absolute Gasteiger partial charge is 0.274 e. The fraction of sp³-hybridized carbons (Fsp3) is 0.458. The molecule has 0 aromatic carbocycles. The van der Waals surface area contributed by atoms with E-state index in [1.165, 1.54) is 17.4 Å². The molecular weight excluding hydrogens is 435 g/mol. The molecule has 9 nitrogen and oxygen atoms in total. The average molecular weight is 463 g/mol. The standard InChI is InChI=1S/C24H27FN8O/c1-16-10-20(23(34)31-14-24(2,25)15-31)28-29-22(16)30-9-5-19-17(13-30)11-18(12-26-19)32-7-3-8-33-21(32)4-6-27-33/h4,6,10-12H,3,5,7-9,13-15H2,1-2H3. The lowest BCUT2D eigenvalue weighted by molar-refractivity contribution is -0.00830. The number of halogens is 1. The van der Waals surface area contributed by atoms with E-state index in [1.54, 1.807) is 6.07 Å². The molecule has 6 heterocycles. The van der Waals surface area contributed by atoms with Crippen LogP contribution in [0, 0.1) is 6.92 Å². The third-order valence-electron chi connectivity index (χ3n) is 6.86. The average Bonchev–Trinajstić information content (AvgIpc) is 3.30. The minimum Gasteiger partial charge on any atom is -0.350 e. The van der Waals surface area contributed by atoms with Gasteiger partial charge in [0, 0.05) is 44.4 Å². The number of pyridine rings is 1. The van der Waals surface area contributed by atoms with E-state index in [2.05, 4.69) is 31.2 Å². The number of fused-ring (bicyclic) bond motifs is 2. The molecule has 0 unspecified atom stereocenters. The third-order valence-corrected chi connectivity index (χ3v) is 6.86. The molecule has 3 aliphatic heterocycles. The van der Waals surface area contributed by atoms with Gasteiger partial charge in [0.05, 0.1) is 31.2 Å². The van der Waals surface area contributed by atoms with Crippen molar-refractivity contribution in [3.8, 4) is 0 Å². The van der Waals surface area contributed by atoms with Crippen molar-refractivity contribution in [1.29, 1.82) is 0 Å². The molecule has 0 N–H and O–H groups in total. The predicted octanol–water partition coefficient (Wildman–Crippen LogP) is 2.67. The van der Waals surface area contributed by atoms with Gasteiger partial charge in [-0.05, 0) is 43.5 Å². The highest BCUT2D eigenvalue weighted by Crippen LogP contribution is 2.32. The number of carbonyl (C=O) groups is 1. The molecule has 0 saturated carbocycles. The SMILES string of the molecule is Cc1cc(C(=O)N2CC(C)(F)C2)nnc1N1CCc2ncc(N3CCCn4nccc43)cc2C1. The highest BCUT2D eigenvalue weighted by Gasteiger charge is 2.42. The molecule has 3 aromatic heterocycles. The largest absolute Gasteiger partial charge is 0.350 e. The summed E-state index contributed by atoms with van der Waals surface area (Å²) in [6, 6.07) is 6.02. The Morgan fingerprint density at radius 1 is 1.15 bits per heavy atom. The highest BCUT2D eigenvalue weighted by molar-refractivity contribution is 5.93. The van der Waals surface area contributed by atoms with Crippen molar-refractivity contribution in [2.24, 2.45) is 0 Å². The van der Waals surface area contributed by atoms with Gasteiger partial charge in [0.15, 0.2) is 11.5 Å². The minimum atomic E-state index is -1.31. The summed E-state index contributed by atoms with van der Waals surface area (Å²) in [6.45, 7) is 6.99. The van der Waals surface area contributed by atoms with Crippen LogP contribution >= 0.6 is 0 Å². The number of likely N-dealkylation sites (tertiary alicyclic amines) is 1. The molecule has 10 heteroatoms. The van der Waals surface area contributed by atoms with Crippen LogP contribution in [0.15, 0.2) is 30.6 Å². The van der Waals surface area contributed by atoms with Crippen molar-refractivity contribution in [1.82, 2.24) is 29.9 Å². The number of hydrogen-bond donors (Lipinski definition) is 0. The lowest BCUT2D eigenvalue weighted by Gasteiger charge is -2.41.